The maximum Gasteiger partial charge on any atom is 0.101 e. The molecule has 0 radical (unpaired) electrons. The number of piperazine rings is 1. The van der Waals surface area contributed by atoms with E-state index in [2.05, 4.69) is 22.8 Å². The summed E-state index contributed by atoms with van der Waals surface area (Å²) in [6.45, 7) is 7.25. The highest BCUT2D eigenvalue weighted by Crippen LogP contribution is 2.22. The lowest BCUT2D eigenvalue weighted by atomic mass is 10.1. The van der Waals surface area contributed by atoms with E-state index in [0.29, 0.717) is 5.56 Å². The Labute approximate surface area is 108 Å². The maximum atomic E-state index is 9.20. The van der Waals surface area contributed by atoms with Gasteiger partial charge in [-0.3, -0.25) is 0 Å². The predicted molar refractivity (Wildman–Crippen MR) is 71.4 cm³/mol. The number of nitriles is 1. The predicted octanol–water partition coefficient (Wildman–Crippen LogP) is 1.19. The number of hydrogen-bond acceptors (Lipinski definition) is 4. The van der Waals surface area contributed by atoms with Crippen molar-refractivity contribution < 1.29 is 5.11 Å². The Kier molecular flexibility index (Phi) is 4.19. The van der Waals surface area contributed by atoms with Gasteiger partial charge in [0, 0.05) is 26.2 Å². The van der Waals surface area contributed by atoms with Crippen molar-refractivity contribution in [2.24, 2.45) is 0 Å². The number of rotatable bonds is 3. The zero-order valence-electron chi connectivity index (χ0n) is 10.8. The quantitative estimate of drug-likeness (QED) is 0.869. The zero-order valence-corrected chi connectivity index (χ0v) is 10.8. The largest absolute Gasteiger partial charge is 0.392 e. The van der Waals surface area contributed by atoms with Crippen LogP contribution in [0.3, 0.4) is 0 Å². The lowest BCUT2D eigenvalue weighted by molar-refractivity contribution is 0.271. The summed E-state index contributed by atoms with van der Waals surface area (Å²) in [7, 11) is 0. The lowest BCUT2D eigenvalue weighted by Gasteiger charge is -2.36. The first-order valence-corrected chi connectivity index (χ1v) is 6.39. The van der Waals surface area contributed by atoms with Crippen molar-refractivity contribution in [3.8, 4) is 6.07 Å². The van der Waals surface area contributed by atoms with Gasteiger partial charge in [-0.05, 0) is 24.2 Å². The van der Waals surface area contributed by atoms with E-state index in [9.17, 15) is 5.26 Å². The average Bonchev–Trinajstić information content (AvgIpc) is 2.46. The molecule has 1 N–H and O–H groups in total. The highest BCUT2D eigenvalue weighted by Gasteiger charge is 2.18. The first-order valence-electron chi connectivity index (χ1n) is 6.39. The van der Waals surface area contributed by atoms with E-state index in [1.807, 2.05) is 12.1 Å². The second-order valence-corrected chi connectivity index (χ2v) is 4.54. The normalized spacial score (nSPS) is 16.6. The molecule has 1 aliphatic rings. The summed E-state index contributed by atoms with van der Waals surface area (Å²) in [5.41, 5.74) is 2.44. The van der Waals surface area contributed by atoms with Crippen LogP contribution in [-0.2, 0) is 6.61 Å². The first kappa shape index (κ1) is 12.9. The molecule has 1 heterocycles. The van der Waals surface area contributed by atoms with Crippen LogP contribution in [0, 0.1) is 11.3 Å². The summed E-state index contributed by atoms with van der Waals surface area (Å²) < 4.78 is 0. The average molecular weight is 245 g/mol. The molecule has 0 unspecified atom stereocenters. The van der Waals surface area contributed by atoms with Crippen molar-refractivity contribution >= 4 is 5.69 Å². The fourth-order valence-corrected chi connectivity index (χ4v) is 2.35. The highest BCUT2D eigenvalue weighted by atomic mass is 16.3. The minimum Gasteiger partial charge on any atom is -0.392 e. The molecule has 1 aromatic carbocycles. The van der Waals surface area contributed by atoms with E-state index in [4.69, 9.17) is 5.11 Å². The molecular weight excluding hydrogens is 226 g/mol. The van der Waals surface area contributed by atoms with Crippen molar-refractivity contribution in [3.05, 3.63) is 29.3 Å². The van der Waals surface area contributed by atoms with E-state index < -0.39 is 0 Å². The molecule has 1 aromatic rings. The third-order valence-electron chi connectivity index (χ3n) is 3.52. The molecule has 4 heteroatoms. The summed E-state index contributed by atoms with van der Waals surface area (Å²) in [5, 5.41) is 18.3. The molecule has 4 nitrogen and oxygen atoms in total. The monoisotopic (exact) mass is 245 g/mol. The summed E-state index contributed by atoms with van der Waals surface area (Å²) in [6, 6.07) is 7.85. The molecule has 0 saturated carbocycles. The fourth-order valence-electron chi connectivity index (χ4n) is 2.35. The van der Waals surface area contributed by atoms with E-state index >= 15 is 0 Å². The van der Waals surface area contributed by atoms with Gasteiger partial charge in [0.2, 0.25) is 0 Å². The standard InChI is InChI=1S/C14H19N3O/c1-2-16-5-7-17(8-6-16)14-4-3-12(11-18)9-13(14)10-15/h3-4,9,18H,2,5-8,11H2,1H3. The molecule has 1 fully saturated rings. The summed E-state index contributed by atoms with van der Waals surface area (Å²) >= 11 is 0. The molecule has 0 aliphatic carbocycles. The number of anilines is 1. The Hall–Kier alpha value is -1.57. The van der Waals surface area contributed by atoms with Crippen LogP contribution < -0.4 is 4.90 Å². The minimum atomic E-state index is -0.0153. The van der Waals surface area contributed by atoms with Crippen molar-refractivity contribution in [3.63, 3.8) is 0 Å². The van der Waals surface area contributed by atoms with Crippen molar-refractivity contribution in [2.75, 3.05) is 37.6 Å². The number of hydrogen-bond donors (Lipinski definition) is 1. The molecular formula is C14H19N3O. The summed E-state index contributed by atoms with van der Waals surface area (Å²) in [4.78, 5) is 4.66. The van der Waals surface area contributed by atoms with Crippen LogP contribution in [0.25, 0.3) is 0 Å². The number of likely N-dealkylation sites (N-methyl/N-ethyl adjacent to an activating group) is 1. The summed E-state index contributed by atoms with van der Waals surface area (Å²) in [6.07, 6.45) is 0. The van der Waals surface area contributed by atoms with Crippen LogP contribution in [0.1, 0.15) is 18.1 Å². The van der Waals surface area contributed by atoms with Crippen LogP contribution in [0.4, 0.5) is 5.69 Å². The SMILES string of the molecule is CCN1CCN(c2ccc(CO)cc2C#N)CC1. The first-order chi connectivity index (χ1) is 8.78. The molecule has 2 rings (SSSR count). The van der Waals surface area contributed by atoms with Gasteiger partial charge in [0.15, 0.2) is 0 Å². The van der Waals surface area contributed by atoms with Crippen LogP contribution in [0.15, 0.2) is 18.2 Å². The van der Waals surface area contributed by atoms with Crippen molar-refractivity contribution in [1.29, 1.82) is 5.26 Å². The van der Waals surface area contributed by atoms with E-state index in [-0.39, 0.29) is 6.61 Å². The smallest absolute Gasteiger partial charge is 0.101 e. The van der Waals surface area contributed by atoms with E-state index in [0.717, 1.165) is 44.0 Å². The topological polar surface area (TPSA) is 50.5 Å². The zero-order chi connectivity index (χ0) is 13.0. The Balaban J connectivity index is 2.16. The molecule has 1 aliphatic heterocycles. The fraction of sp³-hybridized carbons (Fsp3) is 0.500. The third-order valence-corrected chi connectivity index (χ3v) is 3.52. The Morgan fingerprint density at radius 3 is 2.56 bits per heavy atom. The Morgan fingerprint density at radius 1 is 1.28 bits per heavy atom. The van der Waals surface area contributed by atoms with Gasteiger partial charge in [0.1, 0.15) is 6.07 Å². The van der Waals surface area contributed by atoms with Crippen molar-refractivity contribution in [2.45, 2.75) is 13.5 Å². The van der Waals surface area contributed by atoms with Crippen LogP contribution >= 0.6 is 0 Å². The van der Waals surface area contributed by atoms with Gasteiger partial charge in [-0.1, -0.05) is 13.0 Å². The number of aliphatic hydroxyl groups is 1. The number of benzene rings is 1. The second-order valence-electron chi connectivity index (χ2n) is 4.54. The number of nitrogens with zero attached hydrogens (tertiary/aromatic N) is 3. The lowest BCUT2D eigenvalue weighted by Crippen LogP contribution is -2.46. The number of aliphatic hydroxyl groups excluding tert-OH is 1. The van der Waals surface area contributed by atoms with Gasteiger partial charge < -0.3 is 14.9 Å². The third kappa shape index (κ3) is 2.63. The Bertz CT molecular complexity index is 445. The minimum absolute atomic E-state index is 0.0153. The van der Waals surface area contributed by atoms with E-state index in [1.165, 1.54) is 0 Å². The van der Waals surface area contributed by atoms with Gasteiger partial charge in [0.25, 0.3) is 0 Å². The summed E-state index contributed by atoms with van der Waals surface area (Å²) in [5.74, 6) is 0. The van der Waals surface area contributed by atoms with Crippen LogP contribution in [0.5, 0.6) is 0 Å². The maximum absolute atomic E-state index is 9.20. The molecule has 0 spiro atoms. The molecule has 0 atom stereocenters. The van der Waals surface area contributed by atoms with Gasteiger partial charge in [-0.2, -0.15) is 5.26 Å². The second kappa shape index (κ2) is 5.85. The molecule has 96 valence electrons. The highest BCUT2D eigenvalue weighted by molar-refractivity contribution is 5.60. The van der Waals surface area contributed by atoms with E-state index in [1.54, 1.807) is 6.07 Å². The Morgan fingerprint density at radius 2 is 2.00 bits per heavy atom. The van der Waals surface area contributed by atoms with Gasteiger partial charge in [-0.25, -0.2) is 0 Å². The molecule has 0 aromatic heterocycles. The van der Waals surface area contributed by atoms with Crippen LogP contribution in [0.2, 0.25) is 0 Å². The van der Waals surface area contributed by atoms with Gasteiger partial charge in [0.05, 0.1) is 17.9 Å². The molecule has 0 amide bonds. The molecule has 18 heavy (non-hydrogen) atoms. The molecule has 0 bridgehead atoms. The van der Waals surface area contributed by atoms with Gasteiger partial charge >= 0.3 is 0 Å². The molecule has 1 saturated heterocycles. The van der Waals surface area contributed by atoms with Gasteiger partial charge in [-0.15, -0.1) is 0 Å². The van der Waals surface area contributed by atoms with Crippen molar-refractivity contribution in [1.82, 2.24) is 4.90 Å². The van der Waals surface area contributed by atoms with Crippen LogP contribution in [-0.4, -0.2) is 42.7 Å².